The molecule has 0 unspecified atom stereocenters. The normalized spacial score (nSPS) is 15.2. The minimum absolute atomic E-state index is 0.0671. The third-order valence-corrected chi connectivity index (χ3v) is 8.48. The minimum Gasteiger partial charge on any atom is -0.325 e. The molecular weight excluding hydrogens is 424 g/mol. The highest BCUT2D eigenvalue weighted by molar-refractivity contribution is 7.92. The molecule has 1 aliphatic heterocycles. The Hall–Kier alpha value is -2.23. The van der Waals surface area contributed by atoms with Crippen LogP contribution in [-0.2, 0) is 31.1 Å². The van der Waals surface area contributed by atoms with Crippen molar-refractivity contribution in [3.05, 3.63) is 60.2 Å². The molecule has 0 radical (unpaired) electrons. The van der Waals surface area contributed by atoms with Gasteiger partial charge in [-0.15, -0.1) is 0 Å². The molecule has 1 aliphatic rings. The van der Waals surface area contributed by atoms with E-state index in [1.807, 2.05) is 30.3 Å². The zero-order chi connectivity index (χ0) is 21.6. The number of sulfonamides is 1. The summed E-state index contributed by atoms with van der Waals surface area (Å²) in [6, 6.07) is 15.4. The molecule has 162 valence electrons. The molecule has 1 heterocycles. The summed E-state index contributed by atoms with van der Waals surface area (Å²) in [6.45, 7) is 1.03. The molecule has 9 heteroatoms. The highest BCUT2D eigenvalue weighted by Gasteiger charge is 2.27. The summed E-state index contributed by atoms with van der Waals surface area (Å²) in [6.07, 6.45) is 2.79. The Kier molecular flexibility index (Phi) is 7.27. The maximum absolute atomic E-state index is 12.5. The van der Waals surface area contributed by atoms with Gasteiger partial charge in [0, 0.05) is 18.8 Å². The number of nitrogens with zero attached hydrogens (tertiary/aromatic N) is 1. The number of hydrogen-bond acceptors (Lipinski definition) is 5. The van der Waals surface area contributed by atoms with E-state index in [9.17, 15) is 21.6 Å². The van der Waals surface area contributed by atoms with Crippen LogP contribution in [0.2, 0.25) is 0 Å². The van der Waals surface area contributed by atoms with E-state index in [1.165, 1.54) is 28.6 Å². The second kappa shape index (κ2) is 9.72. The van der Waals surface area contributed by atoms with Gasteiger partial charge in [-0.25, -0.2) is 16.8 Å². The predicted molar refractivity (Wildman–Crippen MR) is 116 cm³/mol. The SMILES string of the molecule is O=C(CS(=O)(=O)CCCc1ccccc1)Nc1ccc(S(=O)(=O)N2CCCC2)cc1. The van der Waals surface area contributed by atoms with Crippen molar-refractivity contribution in [2.75, 3.05) is 29.9 Å². The van der Waals surface area contributed by atoms with Crippen LogP contribution in [0.3, 0.4) is 0 Å². The molecule has 2 aromatic carbocycles. The van der Waals surface area contributed by atoms with Crippen molar-refractivity contribution in [2.24, 2.45) is 0 Å². The maximum Gasteiger partial charge on any atom is 0.243 e. The van der Waals surface area contributed by atoms with E-state index < -0.39 is 31.5 Å². The second-order valence-electron chi connectivity index (χ2n) is 7.36. The molecule has 3 rings (SSSR count). The van der Waals surface area contributed by atoms with Gasteiger partial charge in [-0.2, -0.15) is 4.31 Å². The molecule has 0 spiro atoms. The second-order valence-corrected chi connectivity index (χ2v) is 11.5. The predicted octanol–water partition coefficient (Wildman–Crippen LogP) is 2.46. The molecule has 0 aliphatic carbocycles. The van der Waals surface area contributed by atoms with Crippen molar-refractivity contribution >= 4 is 31.5 Å². The number of benzene rings is 2. The average Bonchev–Trinajstić information content (AvgIpc) is 3.24. The molecule has 1 amide bonds. The van der Waals surface area contributed by atoms with Crippen LogP contribution < -0.4 is 5.32 Å². The number of nitrogens with one attached hydrogen (secondary N) is 1. The van der Waals surface area contributed by atoms with Crippen molar-refractivity contribution in [1.29, 1.82) is 0 Å². The Morgan fingerprint density at radius 1 is 0.900 bits per heavy atom. The number of hydrogen-bond donors (Lipinski definition) is 1. The molecule has 1 fully saturated rings. The molecule has 0 bridgehead atoms. The molecule has 1 N–H and O–H groups in total. The lowest BCUT2D eigenvalue weighted by atomic mass is 10.1. The quantitative estimate of drug-likeness (QED) is 0.632. The van der Waals surface area contributed by atoms with Crippen LogP contribution in [0.4, 0.5) is 5.69 Å². The fourth-order valence-corrected chi connectivity index (χ4v) is 6.11. The van der Waals surface area contributed by atoms with Crippen molar-refractivity contribution in [2.45, 2.75) is 30.6 Å². The largest absolute Gasteiger partial charge is 0.325 e. The Balaban J connectivity index is 1.51. The molecule has 2 aromatic rings. The van der Waals surface area contributed by atoms with E-state index >= 15 is 0 Å². The summed E-state index contributed by atoms with van der Waals surface area (Å²) in [5.74, 6) is -1.30. The van der Waals surface area contributed by atoms with Gasteiger partial charge in [0.15, 0.2) is 9.84 Å². The van der Waals surface area contributed by atoms with Crippen LogP contribution in [-0.4, -0.2) is 51.6 Å². The summed E-state index contributed by atoms with van der Waals surface area (Å²) in [5.41, 5.74) is 1.42. The lowest BCUT2D eigenvalue weighted by Gasteiger charge is -2.15. The van der Waals surface area contributed by atoms with Gasteiger partial charge >= 0.3 is 0 Å². The summed E-state index contributed by atoms with van der Waals surface area (Å²) in [4.78, 5) is 12.3. The van der Waals surface area contributed by atoms with Gasteiger partial charge < -0.3 is 5.32 Å². The summed E-state index contributed by atoms with van der Waals surface area (Å²) in [7, 11) is -7.05. The number of carbonyl (C=O) groups is 1. The van der Waals surface area contributed by atoms with E-state index in [0.717, 1.165) is 18.4 Å². The van der Waals surface area contributed by atoms with Crippen LogP contribution in [0.25, 0.3) is 0 Å². The molecule has 0 saturated carbocycles. The average molecular weight is 451 g/mol. The van der Waals surface area contributed by atoms with Crippen LogP contribution in [0, 0.1) is 0 Å². The van der Waals surface area contributed by atoms with E-state index in [2.05, 4.69) is 5.32 Å². The summed E-state index contributed by atoms with van der Waals surface area (Å²) in [5, 5.41) is 2.53. The number of sulfone groups is 1. The topological polar surface area (TPSA) is 101 Å². The third-order valence-electron chi connectivity index (χ3n) is 4.96. The van der Waals surface area contributed by atoms with E-state index in [1.54, 1.807) is 0 Å². The lowest BCUT2D eigenvalue weighted by molar-refractivity contribution is -0.113. The number of amides is 1. The van der Waals surface area contributed by atoms with E-state index in [-0.39, 0.29) is 10.6 Å². The molecule has 0 atom stereocenters. The lowest BCUT2D eigenvalue weighted by Crippen LogP contribution is -2.28. The fraction of sp³-hybridized carbons (Fsp3) is 0.381. The van der Waals surface area contributed by atoms with E-state index in [4.69, 9.17) is 0 Å². The Morgan fingerprint density at radius 2 is 1.53 bits per heavy atom. The molecule has 1 saturated heterocycles. The Bertz CT molecular complexity index is 1060. The van der Waals surface area contributed by atoms with Gasteiger partial charge in [0.2, 0.25) is 15.9 Å². The number of carbonyl (C=O) groups excluding carboxylic acids is 1. The molecule has 0 aromatic heterocycles. The third kappa shape index (κ3) is 6.13. The van der Waals surface area contributed by atoms with Crippen LogP contribution in [0.5, 0.6) is 0 Å². The standard InChI is InChI=1S/C21H26N2O5S2/c24-21(17-29(25,26)16-6-9-18-7-2-1-3-8-18)22-19-10-12-20(13-11-19)30(27,28)23-14-4-5-15-23/h1-3,7-8,10-13H,4-6,9,14-17H2,(H,22,24). The first-order valence-electron chi connectivity index (χ1n) is 9.91. The number of aryl methyl sites for hydroxylation is 1. The summed E-state index contributed by atoms with van der Waals surface area (Å²) >= 11 is 0. The van der Waals surface area contributed by atoms with Crippen molar-refractivity contribution in [3.63, 3.8) is 0 Å². The van der Waals surface area contributed by atoms with Gasteiger partial charge in [-0.1, -0.05) is 30.3 Å². The van der Waals surface area contributed by atoms with Gasteiger partial charge in [0.25, 0.3) is 0 Å². The Morgan fingerprint density at radius 3 is 2.17 bits per heavy atom. The highest BCUT2D eigenvalue weighted by atomic mass is 32.2. The van der Waals surface area contributed by atoms with Gasteiger partial charge in [-0.3, -0.25) is 4.79 Å². The first-order valence-corrected chi connectivity index (χ1v) is 13.2. The fourth-order valence-electron chi connectivity index (χ4n) is 3.40. The monoisotopic (exact) mass is 450 g/mol. The zero-order valence-corrected chi connectivity index (χ0v) is 18.3. The Labute approximate surface area is 178 Å². The van der Waals surface area contributed by atoms with Crippen molar-refractivity contribution in [1.82, 2.24) is 4.31 Å². The molecule has 30 heavy (non-hydrogen) atoms. The first kappa shape index (κ1) is 22.5. The van der Waals surface area contributed by atoms with Gasteiger partial charge in [-0.05, 0) is 55.5 Å². The smallest absolute Gasteiger partial charge is 0.243 e. The number of rotatable bonds is 9. The highest BCUT2D eigenvalue weighted by Crippen LogP contribution is 2.22. The van der Waals surface area contributed by atoms with Crippen LogP contribution in [0.15, 0.2) is 59.5 Å². The minimum atomic E-state index is -3.53. The van der Waals surface area contributed by atoms with Crippen LogP contribution in [0.1, 0.15) is 24.8 Å². The summed E-state index contributed by atoms with van der Waals surface area (Å²) < 4.78 is 50.9. The van der Waals surface area contributed by atoms with Crippen LogP contribution >= 0.6 is 0 Å². The zero-order valence-electron chi connectivity index (χ0n) is 16.7. The molecule has 7 nitrogen and oxygen atoms in total. The van der Waals surface area contributed by atoms with Crippen molar-refractivity contribution in [3.8, 4) is 0 Å². The molecular formula is C21H26N2O5S2. The van der Waals surface area contributed by atoms with Gasteiger partial charge in [0.1, 0.15) is 5.75 Å². The van der Waals surface area contributed by atoms with Gasteiger partial charge in [0.05, 0.1) is 10.6 Å². The maximum atomic E-state index is 12.5. The number of anilines is 1. The van der Waals surface area contributed by atoms with E-state index in [0.29, 0.717) is 31.6 Å². The first-order chi connectivity index (χ1) is 14.3. The van der Waals surface area contributed by atoms with Crippen molar-refractivity contribution < 1.29 is 21.6 Å².